The molecule has 2 amide bonds. The molecule has 2 aromatic carbocycles. The second-order valence-electron chi connectivity index (χ2n) is 6.08. The minimum atomic E-state index is -0.199. The number of carbonyl (C=O) groups excluding carboxylic acids is 1. The Labute approximate surface area is 152 Å². The molecule has 1 aromatic heterocycles. The van der Waals surface area contributed by atoms with Gasteiger partial charge in [0.05, 0.1) is 0 Å². The predicted octanol–water partition coefficient (Wildman–Crippen LogP) is 3.38. The van der Waals surface area contributed by atoms with Gasteiger partial charge in [-0.25, -0.2) is 4.79 Å². The average molecular weight is 350 g/mol. The molecule has 1 heterocycles. The molecule has 0 unspecified atom stereocenters. The smallest absolute Gasteiger partial charge is 0.314 e. The molecule has 26 heavy (non-hydrogen) atoms. The van der Waals surface area contributed by atoms with Gasteiger partial charge in [0, 0.05) is 25.1 Å². The van der Waals surface area contributed by atoms with E-state index >= 15 is 0 Å². The molecule has 0 saturated carbocycles. The van der Waals surface area contributed by atoms with Gasteiger partial charge in [-0.2, -0.15) is 4.98 Å². The minimum absolute atomic E-state index is 0.199. The Morgan fingerprint density at radius 3 is 2.46 bits per heavy atom. The highest BCUT2D eigenvalue weighted by Gasteiger charge is 2.10. The van der Waals surface area contributed by atoms with Gasteiger partial charge in [0.25, 0.3) is 0 Å². The number of urea groups is 1. The van der Waals surface area contributed by atoms with E-state index in [0.29, 0.717) is 31.2 Å². The Bertz CT molecular complexity index is 818. The molecule has 3 aromatic rings. The largest absolute Gasteiger partial charge is 0.339 e. The maximum Gasteiger partial charge on any atom is 0.314 e. The van der Waals surface area contributed by atoms with Crippen LogP contribution in [0, 0.1) is 0 Å². The van der Waals surface area contributed by atoms with Crippen molar-refractivity contribution in [3.8, 4) is 11.4 Å². The minimum Gasteiger partial charge on any atom is -0.339 e. The van der Waals surface area contributed by atoms with Crippen LogP contribution in [0.2, 0.25) is 0 Å². The molecule has 0 aliphatic rings. The van der Waals surface area contributed by atoms with Gasteiger partial charge in [-0.15, -0.1) is 0 Å². The molecule has 0 spiro atoms. The molecular weight excluding hydrogens is 328 g/mol. The highest BCUT2D eigenvalue weighted by molar-refractivity contribution is 5.73. The molecule has 0 saturated heterocycles. The number of amides is 2. The second kappa shape index (κ2) is 8.80. The lowest BCUT2D eigenvalue weighted by atomic mass is 10.0. The zero-order valence-electron chi connectivity index (χ0n) is 14.7. The van der Waals surface area contributed by atoms with Crippen molar-refractivity contribution in [3.05, 3.63) is 72.1 Å². The van der Waals surface area contributed by atoms with E-state index in [1.807, 2.05) is 48.5 Å². The summed E-state index contributed by atoms with van der Waals surface area (Å²) in [5.41, 5.74) is 2.11. The molecule has 0 bridgehead atoms. The molecule has 0 fully saturated rings. The first-order chi connectivity index (χ1) is 12.7. The summed E-state index contributed by atoms with van der Waals surface area (Å²) in [6, 6.07) is 19.5. The monoisotopic (exact) mass is 350 g/mol. The van der Waals surface area contributed by atoms with Gasteiger partial charge in [-0.1, -0.05) is 72.7 Å². The zero-order chi connectivity index (χ0) is 18.2. The zero-order valence-corrected chi connectivity index (χ0v) is 14.7. The molecule has 3 rings (SSSR count). The first-order valence-corrected chi connectivity index (χ1v) is 8.67. The van der Waals surface area contributed by atoms with Crippen LogP contribution in [0.5, 0.6) is 0 Å². The molecule has 6 heteroatoms. The van der Waals surface area contributed by atoms with Crippen LogP contribution in [0.4, 0.5) is 4.79 Å². The summed E-state index contributed by atoms with van der Waals surface area (Å²) in [4.78, 5) is 16.2. The Morgan fingerprint density at radius 2 is 1.73 bits per heavy atom. The number of benzene rings is 2. The van der Waals surface area contributed by atoms with E-state index in [2.05, 4.69) is 39.8 Å². The van der Waals surface area contributed by atoms with E-state index in [0.717, 1.165) is 5.56 Å². The summed E-state index contributed by atoms with van der Waals surface area (Å²) in [5.74, 6) is 1.31. The summed E-state index contributed by atoms with van der Waals surface area (Å²) >= 11 is 0. The maximum atomic E-state index is 11.9. The Hall–Kier alpha value is -3.15. The Kier molecular flexibility index (Phi) is 5.98. The SMILES string of the molecule is C[C@@H](CNC(=O)NCCc1nc(-c2ccccc2)no1)c1ccccc1. The predicted molar refractivity (Wildman–Crippen MR) is 99.7 cm³/mol. The summed E-state index contributed by atoms with van der Waals surface area (Å²) in [6.45, 7) is 3.09. The van der Waals surface area contributed by atoms with Crippen LogP contribution in [0.1, 0.15) is 24.3 Å². The maximum absolute atomic E-state index is 11.9. The van der Waals surface area contributed by atoms with Crippen LogP contribution in [0.25, 0.3) is 11.4 Å². The van der Waals surface area contributed by atoms with Gasteiger partial charge in [-0.3, -0.25) is 0 Å². The molecule has 0 aliphatic heterocycles. The molecule has 2 N–H and O–H groups in total. The van der Waals surface area contributed by atoms with Gasteiger partial charge in [0.1, 0.15) is 0 Å². The molecule has 0 aliphatic carbocycles. The Morgan fingerprint density at radius 1 is 1.04 bits per heavy atom. The van der Waals surface area contributed by atoms with Gasteiger partial charge >= 0.3 is 6.03 Å². The number of rotatable bonds is 7. The number of nitrogens with one attached hydrogen (secondary N) is 2. The third-order valence-electron chi connectivity index (χ3n) is 4.06. The molecule has 0 radical (unpaired) electrons. The van der Waals surface area contributed by atoms with Crippen LogP contribution in [-0.4, -0.2) is 29.3 Å². The number of aromatic nitrogens is 2. The van der Waals surface area contributed by atoms with E-state index in [4.69, 9.17) is 4.52 Å². The van der Waals surface area contributed by atoms with Crippen molar-refractivity contribution in [1.29, 1.82) is 0 Å². The van der Waals surface area contributed by atoms with E-state index in [1.54, 1.807) is 0 Å². The summed E-state index contributed by atoms with van der Waals surface area (Å²) < 4.78 is 5.22. The van der Waals surface area contributed by atoms with Crippen LogP contribution in [0.3, 0.4) is 0 Å². The van der Waals surface area contributed by atoms with E-state index in [1.165, 1.54) is 5.56 Å². The summed E-state index contributed by atoms with van der Waals surface area (Å²) in [7, 11) is 0. The second-order valence-corrected chi connectivity index (χ2v) is 6.08. The van der Waals surface area contributed by atoms with Crippen LogP contribution >= 0.6 is 0 Å². The van der Waals surface area contributed by atoms with E-state index in [9.17, 15) is 4.79 Å². The lowest BCUT2D eigenvalue weighted by molar-refractivity contribution is 0.240. The van der Waals surface area contributed by atoms with E-state index < -0.39 is 0 Å². The van der Waals surface area contributed by atoms with Gasteiger partial charge in [0.15, 0.2) is 0 Å². The Balaban J connectivity index is 1.39. The quantitative estimate of drug-likeness (QED) is 0.684. The van der Waals surface area contributed by atoms with Gasteiger partial charge in [0.2, 0.25) is 11.7 Å². The molecule has 134 valence electrons. The number of carbonyl (C=O) groups is 1. The van der Waals surface area contributed by atoms with Gasteiger partial charge < -0.3 is 15.2 Å². The molecular formula is C20H22N4O2. The standard InChI is InChI=1S/C20H22N4O2/c1-15(16-8-4-2-5-9-16)14-22-20(25)21-13-12-18-23-19(24-26-18)17-10-6-3-7-11-17/h2-11,15H,12-14H2,1H3,(H2,21,22,25)/t15-/m0/s1. The molecule has 6 nitrogen and oxygen atoms in total. The summed E-state index contributed by atoms with van der Waals surface area (Å²) in [6.07, 6.45) is 0.488. The van der Waals surface area contributed by atoms with Crippen molar-refractivity contribution in [2.45, 2.75) is 19.3 Å². The molecule has 1 atom stereocenters. The van der Waals surface area contributed by atoms with Crippen molar-refractivity contribution in [1.82, 2.24) is 20.8 Å². The number of nitrogens with zero attached hydrogens (tertiary/aromatic N) is 2. The van der Waals surface area contributed by atoms with Crippen molar-refractivity contribution >= 4 is 6.03 Å². The average Bonchev–Trinajstić information content (AvgIpc) is 3.16. The number of hydrogen-bond acceptors (Lipinski definition) is 4. The summed E-state index contributed by atoms with van der Waals surface area (Å²) in [5, 5.41) is 9.65. The van der Waals surface area contributed by atoms with Crippen molar-refractivity contribution < 1.29 is 9.32 Å². The fourth-order valence-corrected chi connectivity index (χ4v) is 2.55. The third kappa shape index (κ3) is 4.92. The first kappa shape index (κ1) is 17.7. The fourth-order valence-electron chi connectivity index (χ4n) is 2.55. The van der Waals surface area contributed by atoms with Crippen LogP contribution in [0.15, 0.2) is 65.2 Å². The lowest BCUT2D eigenvalue weighted by Crippen LogP contribution is -2.38. The highest BCUT2D eigenvalue weighted by Crippen LogP contribution is 2.15. The van der Waals surface area contributed by atoms with Crippen molar-refractivity contribution in [2.75, 3.05) is 13.1 Å². The highest BCUT2D eigenvalue weighted by atomic mass is 16.5. The van der Waals surface area contributed by atoms with E-state index in [-0.39, 0.29) is 11.9 Å². The first-order valence-electron chi connectivity index (χ1n) is 8.67. The number of hydrogen-bond donors (Lipinski definition) is 2. The topological polar surface area (TPSA) is 80.0 Å². The van der Waals surface area contributed by atoms with Crippen LogP contribution < -0.4 is 10.6 Å². The normalized spacial score (nSPS) is 11.7. The fraction of sp³-hybridized carbons (Fsp3) is 0.250. The lowest BCUT2D eigenvalue weighted by Gasteiger charge is -2.13. The van der Waals surface area contributed by atoms with Crippen molar-refractivity contribution in [2.24, 2.45) is 0 Å². The van der Waals surface area contributed by atoms with Crippen molar-refractivity contribution in [3.63, 3.8) is 0 Å². The van der Waals surface area contributed by atoms with Gasteiger partial charge in [-0.05, 0) is 11.5 Å². The third-order valence-corrected chi connectivity index (χ3v) is 4.06. The van der Waals surface area contributed by atoms with Crippen LogP contribution in [-0.2, 0) is 6.42 Å².